The van der Waals surface area contributed by atoms with Gasteiger partial charge in [-0.25, -0.2) is 4.98 Å². The number of piperazine rings is 1. The molecule has 2 aliphatic rings. The van der Waals surface area contributed by atoms with E-state index in [1.807, 2.05) is 11.6 Å². The summed E-state index contributed by atoms with van der Waals surface area (Å²) < 4.78 is 12.7. The Morgan fingerprint density at radius 2 is 1.95 bits per heavy atom. The molecule has 0 saturated carbocycles. The number of likely N-dealkylation sites (tertiary alicyclic amines) is 2. The number of benzene rings is 1. The van der Waals surface area contributed by atoms with Gasteiger partial charge in [-0.05, 0) is 18.6 Å². The third-order valence-electron chi connectivity index (χ3n) is 7.43. The number of aromatic nitrogens is 6. The molecule has 0 radical (unpaired) electrons. The van der Waals surface area contributed by atoms with Crippen LogP contribution in [-0.2, 0) is 19.6 Å². The number of nitrogen functional groups attached to an aromatic ring is 1. The number of fused-ring (bicyclic) bond motifs is 2. The zero-order valence-electron chi connectivity index (χ0n) is 21.8. The van der Waals surface area contributed by atoms with Crippen LogP contribution in [0.15, 0.2) is 22.7 Å². The SMILES string of the molecule is COc1cc(CN2C[C@@H]3C2CN3CCO)ccc1Cn1nc(C)c2nc(N)nc(NCc3noc(C)n3)c21. The van der Waals surface area contributed by atoms with E-state index >= 15 is 0 Å². The maximum Gasteiger partial charge on any atom is 0.223 e. The van der Waals surface area contributed by atoms with Crippen LogP contribution in [0.1, 0.15) is 28.5 Å². The molecule has 2 aliphatic heterocycles. The van der Waals surface area contributed by atoms with E-state index in [1.165, 1.54) is 5.56 Å². The van der Waals surface area contributed by atoms with Crippen molar-refractivity contribution in [2.45, 2.75) is 45.6 Å². The van der Waals surface area contributed by atoms with Gasteiger partial charge in [-0.3, -0.25) is 14.5 Å². The lowest BCUT2D eigenvalue weighted by molar-refractivity contribution is -0.131. The summed E-state index contributed by atoms with van der Waals surface area (Å²) in [6.45, 7) is 8.38. The van der Waals surface area contributed by atoms with Crippen LogP contribution < -0.4 is 15.8 Å². The van der Waals surface area contributed by atoms with E-state index in [-0.39, 0.29) is 12.6 Å². The molecule has 13 heteroatoms. The van der Waals surface area contributed by atoms with Crippen molar-refractivity contribution in [2.24, 2.45) is 0 Å². The lowest BCUT2D eigenvalue weighted by Crippen LogP contribution is -2.78. The van der Waals surface area contributed by atoms with Gasteiger partial charge < -0.3 is 25.4 Å². The van der Waals surface area contributed by atoms with Gasteiger partial charge in [0.25, 0.3) is 0 Å². The second kappa shape index (κ2) is 9.82. The van der Waals surface area contributed by atoms with E-state index in [0.717, 1.165) is 48.7 Å². The number of nitrogens with zero attached hydrogens (tertiary/aromatic N) is 8. The number of nitrogens with two attached hydrogens (primary N) is 1. The van der Waals surface area contributed by atoms with Crippen LogP contribution in [0.3, 0.4) is 0 Å². The Morgan fingerprint density at radius 1 is 1.13 bits per heavy atom. The zero-order valence-corrected chi connectivity index (χ0v) is 21.8. The molecule has 5 heterocycles. The zero-order chi connectivity index (χ0) is 26.4. The fourth-order valence-corrected chi connectivity index (χ4v) is 5.48. The lowest BCUT2D eigenvalue weighted by atomic mass is 9.85. The molecule has 38 heavy (non-hydrogen) atoms. The Balaban J connectivity index is 1.21. The molecular formula is C25H32N10O3. The third kappa shape index (κ3) is 4.42. The maximum atomic E-state index is 9.18. The number of rotatable bonds is 10. The highest BCUT2D eigenvalue weighted by molar-refractivity contribution is 5.88. The number of ether oxygens (including phenoxy) is 1. The van der Waals surface area contributed by atoms with Crippen LogP contribution in [-0.4, -0.2) is 90.2 Å². The van der Waals surface area contributed by atoms with Crippen LogP contribution >= 0.6 is 0 Å². The highest BCUT2D eigenvalue weighted by Gasteiger charge is 2.50. The molecule has 0 aliphatic carbocycles. The number of methoxy groups -OCH3 is 1. The molecule has 3 aromatic heterocycles. The first-order valence-corrected chi connectivity index (χ1v) is 12.7. The number of β-amino-alcohol motifs (C(OH)–C–C–N with tert-alkyl or cyclic N) is 1. The quantitative estimate of drug-likeness (QED) is 0.272. The molecule has 2 fully saturated rings. The number of aliphatic hydroxyl groups excluding tert-OH is 1. The molecule has 4 aromatic rings. The van der Waals surface area contributed by atoms with Crippen molar-refractivity contribution >= 4 is 22.8 Å². The molecule has 6 rings (SSSR count). The number of hydrogen-bond donors (Lipinski definition) is 3. The molecular weight excluding hydrogens is 488 g/mol. The molecule has 4 N–H and O–H groups in total. The van der Waals surface area contributed by atoms with Crippen molar-refractivity contribution in [1.29, 1.82) is 0 Å². The Kier molecular flexibility index (Phi) is 6.33. The first-order chi connectivity index (χ1) is 18.4. The molecule has 13 nitrogen and oxygen atoms in total. The predicted octanol–water partition coefficient (Wildman–Crippen LogP) is 0.938. The molecule has 2 saturated heterocycles. The van der Waals surface area contributed by atoms with Gasteiger partial charge in [-0.2, -0.15) is 15.1 Å². The molecule has 0 amide bonds. The largest absolute Gasteiger partial charge is 0.496 e. The maximum absolute atomic E-state index is 9.18. The van der Waals surface area contributed by atoms with Crippen molar-refractivity contribution < 1.29 is 14.4 Å². The third-order valence-corrected chi connectivity index (χ3v) is 7.43. The van der Waals surface area contributed by atoms with E-state index in [9.17, 15) is 5.11 Å². The fraction of sp³-hybridized carbons (Fsp3) is 0.480. The lowest BCUT2D eigenvalue weighted by Gasteiger charge is -2.62. The predicted molar refractivity (Wildman–Crippen MR) is 140 cm³/mol. The minimum Gasteiger partial charge on any atom is -0.496 e. The van der Waals surface area contributed by atoms with E-state index in [2.05, 4.69) is 53.4 Å². The summed E-state index contributed by atoms with van der Waals surface area (Å²) in [5.41, 5.74) is 10.4. The Labute approximate surface area is 219 Å². The molecule has 0 spiro atoms. The molecule has 0 bridgehead atoms. The minimum atomic E-state index is 0.160. The van der Waals surface area contributed by atoms with Gasteiger partial charge >= 0.3 is 0 Å². The van der Waals surface area contributed by atoms with Crippen LogP contribution in [0.25, 0.3) is 11.0 Å². The van der Waals surface area contributed by atoms with Crippen LogP contribution in [0.2, 0.25) is 0 Å². The van der Waals surface area contributed by atoms with E-state index < -0.39 is 0 Å². The van der Waals surface area contributed by atoms with Gasteiger partial charge in [0, 0.05) is 50.7 Å². The summed E-state index contributed by atoms with van der Waals surface area (Å²) in [6.07, 6.45) is 0. The van der Waals surface area contributed by atoms with Crippen molar-refractivity contribution in [3.63, 3.8) is 0 Å². The first kappa shape index (κ1) is 24.5. The van der Waals surface area contributed by atoms with E-state index in [1.54, 1.807) is 14.0 Å². The first-order valence-electron chi connectivity index (χ1n) is 12.7. The highest BCUT2D eigenvalue weighted by atomic mass is 16.5. The second-order valence-electron chi connectivity index (χ2n) is 9.88. The minimum absolute atomic E-state index is 0.160. The van der Waals surface area contributed by atoms with Gasteiger partial charge in [0.1, 0.15) is 16.8 Å². The summed E-state index contributed by atoms with van der Waals surface area (Å²) in [5, 5.41) is 21.1. The average molecular weight is 521 g/mol. The van der Waals surface area contributed by atoms with Crippen LogP contribution in [0, 0.1) is 13.8 Å². The Hall–Kier alpha value is -3.81. The fourth-order valence-electron chi connectivity index (χ4n) is 5.48. The number of nitrogens with one attached hydrogen (secondary N) is 1. The van der Waals surface area contributed by atoms with Gasteiger partial charge in [0.2, 0.25) is 11.8 Å². The molecule has 1 unspecified atom stereocenters. The monoisotopic (exact) mass is 520 g/mol. The standard InChI is InChI=1S/C25H32N10O3/c1-14-22-23(24(30-25(26)29-22)27-9-21-28-15(2)38-32-21)35(31-14)11-17-5-4-16(8-20(17)37-3)10-34-13-18-19(34)12-33(18)6-7-36/h4-5,8,18-19,36H,6-7,9-13H2,1-3H3,(H3,26,27,29,30)/t18-,19?/m1/s1. The summed E-state index contributed by atoms with van der Waals surface area (Å²) in [4.78, 5) is 18.0. The smallest absolute Gasteiger partial charge is 0.223 e. The van der Waals surface area contributed by atoms with Crippen LogP contribution in [0.4, 0.5) is 11.8 Å². The Bertz CT molecular complexity index is 1470. The Morgan fingerprint density at radius 3 is 2.66 bits per heavy atom. The van der Waals surface area contributed by atoms with Crippen molar-refractivity contribution in [3.05, 3.63) is 46.7 Å². The average Bonchev–Trinajstić information content (AvgIpc) is 3.45. The van der Waals surface area contributed by atoms with Crippen molar-refractivity contribution in [1.82, 2.24) is 39.7 Å². The van der Waals surface area contributed by atoms with Crippen LogP contribution in [0.5, 0.6) is 5.75 Å². The van der Waals surface area contributed by atoms with Gasteiger partial charge in [-0.15, -0.1) is 0 Å². The summed E-state index contributed by atoms with van der Waals surface area (Å²) in [5.74, 6) is 2.53. The second-order valence-corrected chi connectivity index (χ2v) is 9.88. The summed E-state index contributed by atoms with van der Waals surface area (Å²) >= 11 is 0. The number of anilines is 2. The van der Waals surface area contributed by atoms with Gasteiger partial charge in [0.05, 0.1) is 32.5 Å². The number of aliphatic hydroxyl groups is 1. The topological polar surface area (TPSA) is 157 Å². The summed E-state index contributed by atoms with van der Waals surface area (Å²) in [6, 6.07) is 7.53. The normalized spacial score (nSPS) is 19.3. The molecule has 200 valence electrons. The molecule has 2 atom stereocenters. The summed E-state index contributed by atoms with van der Waals surface area (Å²) in [7, 11) is 1.69. The van der Waals surface area contributed by atoms with E-state index in [4.69, 9.17) is 20.1 Å². The number of aryl methyl sites for hydroxylation is 2. The van der Waals surface area contributed by atoms with Gasteiger partial charge in [0.15, 0.2) is 11.6 Å². The molecule has 1 aromatic carbocycles. The van der Waals surface area contributed by atoms with Crippen molar-refractivity contribution in [3.8, 4) is 5.75 Å². The van der Waals surface area contributed by atoms with Gasteiger partial charge in [-0.1, -0.05) is 17.3 Å². The van der Waals surface area contributed by atoms with E-state index in [0.29, 0.717) is 48.2 Å². The highest BCUT2D eigenvalue weighted by Crippen LogP contribution is 2.35. The number of hydrogen-bond acceptors (Lipinski definition) is 12. The van der Waals surface area contributed by atoms with Crippen molar-refractivity contribution in [2.75, 3.05) is 44.4 Å².